The van der Waals surface area contributed by atoms with Crippen LogP contribution >= 0.6 is 34.8 Å². The van der Waals surface area contributed by atoms with Gasteiger partial charge >= 0.3 is 0 Å². The number of rotatable bonds is 7. The van der Waals surface area contributed by atoms with Crippen molar-refractivity contribution in [2.45, 2.75) is 19.8 Å². The zero-order chi connectivity index (χ0) is 19.1. The monoisotopic (exact) mass is 414 g/mol. The van der Waals surface area contributed by atoms with E-state index in [0.717, 1.165) is 6.42 Å². The highest BCUT2D eigenvalue weighted by Crippen LogP contribution is 2.27. The standard InChI is InChI=1S/C18H17Cl3N2O3/c1-2-3-17(24)22-11-4-6-14(20)16(8-11)23-18(25)10-26-12-5-7-13(19)15(21)9-12/h4-9H,2-3,10H2,1H3,(H,22,24)(H,23,25). The maximum Gasteiger partial charge on any atom is 0.262 e. The molecule has 0 aromatic heterocycles. The molecule has 5 nitrogen and oxygen atoms in total. The molecule has 0 aliphatic heterocycles. The van der Waals surface area contributed by atoms with E-state index in [-0.39, 0.29) is 12.5 Å². The summed E-state index contributed by atoms with van der Waals surface area (Å²) in [5, 5.41) is 6.48. The Bertz CT molecular complexity index is 812. The van der Waals surface area contributed by atoms with Crippen LogP contribution in [0.2, 0.25) is 15.1 Å². The molecule has 2 amide bonds. The van der Waals surface area contributed by atoms with Crippen molar-refractivity contribution >= 4 is 58.0 Å². The van der Waals surface area contributed by atoms with Crippen LogP contribution < -0.4 is 15.4 Å². The molecule has 0 radical (unpaired) electrons. The normalized spacial score (nSPS) is 10.3. The summed E-state index contributed by atoms with van der Waals surface area (Å²) in [5.41, 5.74) is 0.928. The van der Waals surface area contributed by atoms with E-state index in [0.29, 0.717) is 38.6 Å². The number of halogens is 3. The van der Waals surface area contributed by atoms with Gasteiger partial charge in [-0.25, -0.2) is 0 Å². The fourth-order valence-corrected chi connectivity index (χ4v) is 2.50. The van der Waals surface area contributed by atoms with Crippen LogP contribution in [0.5, 0.6) is 5.75 Å². The fraction of sp³-hybridized carbons (Fsp3) is 0.222. The molecule has 0 bridgehead atoms. The maximum absolute atomic E-state index is 12.1. The predicted molar refractivity (Wildman–Crippen MR) is 106 cm³/mol. The van der Waals surface area contributed by atoms with Gasteiger partial charge in [0.15, 0.2) is 6.61 Å². The molecule has 0 saturated heterocycles. The molecule has 26 heavy (non-hydrogen) atoms. The van der Waals surface area contributed by atoms with E-state index < -0.39 is 5.91 Å². The number of carbonyl (C=O) groups is 2. The number of amides is 2. The summed E-state index contributed by atoms with van der Waals surface area (Å²) >= 11 is 17.8. The van der Waals surface area contributed by atoms with Crippen LogP contribution in [0.3, 0.4) is 0 Å². The molecular formula is C18H17Cl3N2O3. The van der Waals surface area contributed by atoms with Crippen molar-refractivity contribution in [1.82, 2.24) is 0 Å². The van der Waals surface area contributed by atoms with Gasteiger partial charge in [0.25, 0.3) is 5.91 Å². The molecule has 2 rings (SSSR count). The molecule has 0 atom stereocenters. The lowest BCUT2D eigenvalue weighted by Crippen LogP contribution is -2.20. The lowest BCUT2D eigenvalue weighted by Gasteiger charge is -2.11. The quantitative estimate of drug-likeness (QED) is 0.636. The molecular weight excluding hydrogens is 399 g/mol. The average molecular weight is 416 g/mol. The molecule has 0 saturated carbocycles. The van der Waals surface area contributed by atoms with Gasteiger partial charge in [0.05, 0.1) is 20.8 Å². The van der Waals surface area contributed by atoms with Crippen LogP contribution in [-0.2, 0) is 9.59 Å². The Morgan fingerprint density at radius 1 is 0.923 bits per heavy atom. The Morgan fingerprint density at radius 3 is 2.35 bits per heavy atom. The van der Waals surface area contributed by atoms with Crippen LogP contribution in [0.1, 0.15) is 19.8 Å². The van der Waals surface area contributed by atoms with E-state index in [1.54, 1.807) is 30.3 Å². The van der Waals surface area contributed by atoms with Crippen molar-refractivity contribution in [1.29, 1.82) is 0 Å². The van der Waals surface area contributed by atoms with E-state index in [2.05, 4.69) is 10.6 Å². The molecule has 8 heteroatoms. The summed E-state index contributed by atoms with van der Waals surface area (Å²) < 4.78 is 5.37. The van der Waals surface area contributed by atoms with Crippen molar-refractivity contribution in [2.24, 2.45) is 0 Å². The van der Waals surface area contributed by atoms with Gasteiger partial charge < -0.3 is 15.4 Å². The van der Waals surface area contributed by atoms with E-state index >= 15 is 0 Å². The van der Waals surface area contributed by atoms with Crippen LogP contribution in [0.25, 0.3) is 0 Å². The lowest BCUT2D eigenvalue weighted by atomic mass is 10.2. The third kappa shape index (κ3) is 6.09. The minimum atomic E-state index is -0.407. The fourth-order valence-electron chi connectivity index (χ4n) is 2.05. The minimum Gasteiger partial charge on any atom is -0.484 e. The van der Waals surface area contributed by atoms with Crippen LogP contribution in [0, 0.1) is 0 Å². The van der Waals surface area contributed by atoms with Crippen LogP contribution in [0.15, 0.2) is 36.4 Å². The topological polar surface area (TPSA) is 67.4 Å². The SMILES string of the molecule is CCCC(=O)Nc1ccc(Cl)c(NC(=O)COc2ccc(Cl)c(Cl)c2)c1. The Kier molecular flexibility index (Phi) is 7.57. The Morgan fingerprint density at radius 2 is 1.65 bits per heavy atom. The molecule has 0 heterocycles. The second kappa shape index (κ2) is 9.67. The second-order valence-corrected chi connectivity index (χ2v) is 6.63. The van der Waals surface area contributed by atoms with Gasteiger partial charge in [0.1, 0.15) is 5.75 Å². The first-order valence-corrected chi connectivity index (χ1v) is 8.99. The van der Waals surface area contributed by atoms with Crippen LogP contribution in [0.4, 0.5) is 11.4 Å². The third-order valence-corrected chi connectivity index (χ3v) is 4.33. The smallest absolute Gasteiger partial charge is 0.262 e. The van der Waals surface area contributed by atoms with Crippen molar-refractivity contribution in [2.75, 3.05) is 17.2 Å². The van der Waals surface area contributed by atoms with Gasteiger partial charge in [-0.3, -0.25) is 9.59 Å². The zero-order valence-electron chi connectivity index (χ0n) is 13.9. The highest BCUT2D eigenvalue weighted by molar-refractivity contribution is 6.42. The molecule has 0 fully saturated rings. The first-order valence-electron chi connectivity index (χ1n) is 7.86. The number of benzene rings is 2. The summed E-state index contributed by atoms with van der Waals surface area (Å²) in [6.45, 7) is 1.68. The molecule has 2 aromatic rings. The summed E-state index contributed by atoms with van der Waals surface area (Å²) in [7, 11) is 0. The van der Waals surface area contributed by atoms with Crippen molar-refractivity contribution in [3.8, 4) is 5.75 Å². The minimum absolute atomic E-state index is 0.102. The average Bonchev–Trinajstić information content (AvgIpc) is 2.59. The van der Waals surface area contributed by atoms with E-state index in [1.807, 2.05) is 6.92 Å². The number of hydrogen-bond donors (Lipinski definition) is 2. The van der Waals surface area contributed by atoms with Crippen molar-refractivity contribution < 1.29 is 14.3 Å². The molecule has 138 valence electrons. The van der Waals surface area contributed by atoms with Crippen molar-refractivity contribution in [3.05, 3.63) is 51.5 Å². The van der Waals surface area contributed by atoms with Gasteiger partial charge in [-0.15, -0.1) is 0 Å². The lowest BCUT2D eigenvalue weighted by molar-refractivity contribution is -0.118. The molecule has 0 aliphatic carbocycles. The summed E-state index contributed by atoms with van der Waals surface area (Å²) in [6, 6.07) is 9.56. The van der Waals surface area contributed by atoms with Gasteiger partial charge in [-0.2, -0.15) is 0 Å². The van der Waals surface area contributed by atoms with E-state index in [1.165, 1.54) is 6.07 Å². The number of ether oxygens (including phenoxy) is 1. The molecule has 0 aliphatic rings. The Hall–Kier alpha value is -1.95. The highest BCUT2D eigenvalue weighted by Gasteiger charge is 2.10. The molecule has 2 N–H and O–H groups in total. The zero-order valence-corrected chi connectivity index (χ0v) is 16.2. The summed E-state index contributed by atoms with van der Waals surface area (Å²) in [5.74, 6) is -0.0914. The van der Waals surface area contributed by atoms with Gasteiger partial charge in [-0.05, 0) is 36.8 Å². The predicted octanol–water partition coefficient (Wildman–Crippen LogP) is 5.40. The van der Waals surface area contributed by atoms with E-state index in [4.69, 9.17) is 39.5 Å². The van der Waals surface area contributed by atoms with Gasteiger partial charge in [-0.1, -0.05) is 41.7 Å². The number of carbonyl (C=O) groups excluding carboxylic acids is 2. The summed E-state index contributed by atoms with van der Waals surface area (Å²) in [6.07, 6.45) is 1.16. The third-order valence-electron chi connectivity index (χ3n) is 3.26. The number of hydrogen-bond acceptors (Lipinski definition) is 3. The number of anilines is 2. The van der Waals surface area contributed by atoms with Crippen LogP contribution in [-0.4, -0.2) is 18.4 Å². The largest absolute Gasteiger partial charge is 0.484 e. The van der Waals surface area contributed by atoms with Gasteiger partial charge in [0.2, 0.25) is 5.91 Å². The molecule has 0 unspecified atom stereocenters. The Balaban J connectivity index is 1.97. The van der Waals surface area contributed by atoms with E-state index in [9.17, 15) is 9.59 Å². The second-order valence-electron chi connectivity index (χ2n) is 5.41. The maximum atomic E-state index is 12.1. The summed E-state index contributed by atoms with van der Waals surface area (Å²) in [4.78, 5) is 23.8. The first-order chi connectivity index (χ1) is 12.4. The van der Waals surface area contributed by atoms with Crippen molar-refractivity contribution in [3.63, 3.8) is 0 Å². The first kappa shape index (κ1) is 20.4. The molecule has 2 aromatic carbocycles. The van der Waals surface area contributed by atoms with Gasteiger partial charge in [0, 0.05) is 18.2 Å². The Labute approximate surface area is 166 Å². The highest BCUT2D eigenvalue weighted by atomic mass is 35.5. The number of nitrogens with one attached hydrogen (secondary N) is 2. The molecule has 0 spiro atoms.